The summed E-state index contributed by atoms with van der Waals surface area (Å²) >= 11 is 6.60. The molecule has 0 saturated heterocycles. The molecule has 0 fully saturated rings. The Morgan fingerprint density at radius 2 is 2.06 bits per heavy atom. The summed E-state index contributed by atoms with van der Waals surface area (Å²) in [5, 5.41) is 11.2. The molecule has 1 aromatic rings. The van der Waals surface area contributed by atoms with Gasteiger partial charge in [0.05, 0.1) is 0 Å². The SMILES string of the molecule is CNC(=O)/C(C#N)=C\c1c(Br)cncc1Br. The molecule has 0 saturated carbocycles. The first-order chi connectivity index (χ1) is 7.60. The van der Waals surface area contributed by atoms with Gasteiger partial charge in [-0.05, 0) is 37.9 Å². The van der Waals surface area contributed by atoms with Crippen LogP contribution in [0.2, 0.25) is 0 Å². The lowest BCUT2D eigenvalue weighted by atomic mass is 10.1. The van der Waals surface area contributed by atoms with Gasteiger partial charge in [0.15, 0.2) is 0 Å². The Labute approximate surface area is 110 Å². The number of likely N-dealkylation sites (N-methyl/N-ethyl adjacent to an activating group) is 1. The van der Waals surface area contributed by atoms with Crippen molar-refractivity contribution < 1.29 is 4.79 Å². The van der Waals surface area contributed by atoms with Crippen molar-refractivity contribution in [1.29, 1.82) is 5.26 Å². The van der Waals surface area contributed by atoms with E-state index in [1.807, 2.05) is 6.07 Å². The van der Waals surface area contributed by atoms with Gasteiger partial charge in [-0.2, -0.15) is 5.26 Å². The van der Waals surface area contributed by atoms with Gasteiger partial charge in [0, 0.05) is 34.0 Å². The minimum Gasteiger partial charge on any atom is -0.354 e. The lowest BCUT2D eigenvalue weighted by molar-refractivity contribution is -0.116. The molecule has 0 atom stereocenters. The summed E-state index contributed by atoms with van der Waals surface area (Å²) < 4.78 is 1.41. The summed E-state index contributed by atoms with van der Waals surface area (Å²) in [6, 6.07) is 1.84. The third-order valence-electron chi connectivity index (χ3n) is 1.77. The predicted molar refractivity (Wildman–Crippen MR) is 67.3 cm³/mol. The van der Waals surface area contributed by atoms with Crippen LogP contribution in [0, 0.1) is 11.3 Å². The second-order valence-corrected chi connectivity index (χ2v) is 4.47. The number of nitriles is 1. The smallest absolute Gasteiger partial charge is 0.261 e. The fourth-order valence-electron chi connectivity index (χ4n) is 0.987. The van der Waals surface area contributed by atoms with Crippen molar-refractivity contribution in [1.82, 2.24) is 10.3 Å². The second kappa shape index (κ2) is 5.77. The van der Waals surface area contributed by atoms with E-state index in [9.17, 15) is 4.79 Å². The van der Waals surface area contributed by atoms with Crippen LogP contribution >= 0.6 is 31.9 Å². The number of hydrogen-bond acceptors (Lipinski definition) is 3. The first-order valence-corrected chi connectivity index (χ1v) is 5.81. The van der Waals surface area contributed by atoms with Gasteiger partial charge in [0.1, 0.15) is 11.6 Å². The molecule has 0 aliphatic rings. The fraction of sp³-hybridized carbons (Fsp3) is 0.100. The van der Waals surface area contributed by atoms with Crippen molar-refractivity contribution >= 4 is 43.8 Å². The quantitative estimate of drug-likeness (QED) is 0.661. The van der Waals surface area contributed by atoms with Crippen molar-refractivity contribution in [2.75, 3.05) is 7.05 Å². The Kier molecular flexibility index (Phi) is 4.65. The summed E-state index contributed by atoms with van der Waals surface area (Å²) in [6.45, 7) is 0. The van der Waals surface area contributed by atoms with Crippen LogP contribution in [0.15, 0.2) is 26.9 Å². The fourth-order valence-corrected chi connectivity index (χ4v) is 2.15. The molecule has 0 unspecified atom stereocenters. The van der Waals surface area contributed by atoms with Gasteiger partial charge >= 0.3 is 0 Å². The third-order valence-corrected chi connectivity index (χ3v) is 3.04. The number of carbonyl (C=O) groups excluding carboxylic acids is 1. The maximum atomic E-state index is 11.3. The van der Waals surface area contributed by atoms with Gasteiger partial charge in [-0.3, -0.25) is 9.78 Å². The van der Waals surface area contributed by atoms with E-state index in [-0.39, 0.29) is 5.57 Å². The topological polar surface area (TPSA) is 65.8 Å². The van der Waals surface area contributed by atoms with Crippen LogP contribution < -0.4 is 5.32 Å². The van der Waals surface area contributed by atoms with Crippen molar-refractivity contribution in [2.24, 2.45) is 0 Å². The van der Waals surface area contributed by atoms with Crippen LogP contribution in [0.1, 0.15) is 5.56 Å². The van der Waals surface area contributed by atoms with Crippen LogP contribution in [0.3, 0.4) is 0 Å². The summed E-state index contributed by atoms with van der Waals surface area (Å²) in [4.78, 5) is 15.3. The van der Waals surface area contributed by atoms with Gasteiger partial charge in [0.2, 0.25) is 0 Å². The Bertz CT molecular complexity index is 471. The summed E-state index contributed by atoms with van der Waals surface area (Å²) in [5.41, 5.74) is 0.741. The number of aromatic nitrogens is 1. The highest BCUT2D eigenvalue weighted by atomic mass is 79.9. The predicted octanol–water partition coefficient (Wildman–Crippen LogP) is 2.26. The van der Waals surface area contributed by atoms with Crippen LogP contribution in [-0.4, -0.2) is 17.9 Å². The van der Waals surface area contributed by atoms with E-state index in [1.165, 1.54) is 13.1 Å². The Morgan fingerprint density at radius 1 is 1.50 bits per heavy atom. The largest absolute Gasteiger partial charge is 0.354 e. The van der Waals surface area contributed by atoms with Crippen LogP contribution in [0.5, 0.6) is 0 Å². The molecule has 0 radical (unpaired) electrons. The molecule has 4 nitrogen and oxygen atoms in total. The number of pyridine rings is 1. The molecule has 0 bridgehead atoms. The van der Waals surface area contributed by atoms with Crippen LogP contribution in [-0.2, 0) is 4.79 Å². The number of nitrogens with zero attached hydrogens (tertiary/aromatic N) is 2. The van der Waals surface area contributed by atoms with Gasteiger partial charge in [-0.1, -0.05) is 0 Å². The number of nitrogens with one attached hydrogen (secondary N) is 1. The molecule has 1 rings (SSSR count). The van der Waals surface area contributed by atoms with Crippen LogP contribution in [0.4, 0.5) is 0 Å². The zero-order valence-corrected chi connectivity index (χ0v) is 11.5. The molecule has 16 heavy (non-hydrogen) atoms. The maximum absolute atomic E-state index is 11.3. The Morgan fingerprint density at radius 3 is 2.50 bits per heavy atom. The molecular weight excluding hydrogens is 338 g/mol. The minimum absolute atomic E-state index is 0.0371. The molecule has 6 heteroatoms. The highest BCUT2D eigenvalue weighted by Crippen LogP contribution is 2.26. The number of halogens is 2. The zero-order valence-electron chi connectivity index (χ0n) is 8.29. The van der Waals surface area contributed by atoms with Crippen LogP contribution in [0.25, 0.3) is 6.08 Å². The lowest BCUT2D eigenvalue weighted by Crippen LogP contribution is -2.19. The molecule has 1 heterocycles. The van der Waals surface area contributed by atoms with E-state index >= 15 is 0 Å². The standard InChI is InChI=1S/C10H7Br2N3O/c1-14-10(16)6(3-13)2-7-8(11)4-15-5-9(7)12/h2,4-5H,1H3,(H,14,16)/b6-2-. The molecule has 0 aromatic carbocycles. The lowest BCUT2D eigenvalue weighted by Gasteiger charge is -2.02. The molecular formula is C10H7Br2N3O. The third kappa shape index (κ3) is 2.90. The Balaban J connectivity index is 3.25. The molecule has 1 aromatic heterocycles. The van der Waals surface area contributed by atoms with E-state index in [0.29, 0.717) is 14.5 Å². The van der Waals surface area contributed by atoms with Crippen molar-refractivity contribution in [3.8, 4) is 6.07 Å². The number of rotatable bonds is 2. The molecule has 0 aliphatic heterocycles. The van der Waals surface area contributed by atoms with E-state index in [4.69, 9.17) is 5.26 Å². The highest BCUT2D eigenvalue weighted by Gasteiger charge is 2.09. The van der Waals surface area contributed by atoms with E-state index in [0.717, 1.165) is 0 Å². The normalized spacial score (nSPS) is 10.8. The van der Waals surface area contributed by atoms with Crippen molar-refractivity contribution in [2.45, 2.75) is 0 Å². The molecule has 0 aliphatic carbocycles. The molecule has 1 N–H and O–H groups in total. The average molecular weight is 345 g/mol. The van der Waals surface area contributed by atoms with Gasteiger partial charge in [-0.15, -0.1) is 0 Å². The molecule has 0 spiro atoms. The summed E-state index contributed by atoms with van der Waals surface area (Å²) in [6.07, 6.45) is 4.68. The van der Waals surface area contributed by atoms with Gasteiger partial charge < -0.3 is 5.32 Å². The number of hydrogen-bond donors (Lipinski definition) is 1. The Hall–Kier alpha value is -1.19. The summed E-state index contributed by atoms with van der Waals surface area (Å²) in [5.74, 6) is -0.418. The zero-order chi connectivity index (χ0) is 12.1. The maximum Gasteiger partial charge on any atom is 0.261 e. The second-order valence-electron chi connectivity index (χ2n) is 2.77. The van der Waals surface area contributed by atoms with Crippen molar-refractivity contribution in [3.05, 3.63) is 32.5 Å². The van der Waals surface area contributed by atoms with Gasteiger partial charge in [0.25, 0.3) is 5.91 Å². The van der Waals surface area contributed by atoms with Crippen molar-refractivity contribution in [3.63, 3.8) is 0 Å². The first-order valence-electron chi connectivity index (χ1n) is 4.23. The minimum atomic E-state index is -0.418. The van der Waals surface area contributed by atoms with E-state index < -0.39 is 5.91 Å². The molecule has 82 valence electrons. The van der Waals surface area contributed by atoms with Gasteiger partial charge in [-0.25, -0.2) is 0 Å². The first kappa shape index (κ1) is 12.9. The number of carbonyl (C=O) groups is 1. The highest BCUT2D eigenvalue weighted by molar-refractivity contribution is 9.11. The van der Waals surface area contributed by atoms with E-state index in [2.05, 4.69) is 42.2 Å². The monoisotopic (exact) mass is 343 g/mol. The number of amides is 1. The summed E-state index contributed by atoms with van der Waals surface area (Å²) in [7, 11) is 1.48. The average Bonchev–Trinajstić information content (AvgIpc) is 2.28. The molecule has 1 amide bonds. The van der Waals surface area contributed by atoms with E-state index in [1.54, 1.807) is 12.4 Å².